The van der Waals surface area contributed by atoms with Crippen LogP contribution in [-0.4, -0.2) is 24.9 Å². The molecule has 0 aliphatic heterocycles. The highest BCUT2D eigenvalue weighted by molar-refractivity contribution is 7.92. The van der Waals surface area contributed by atoms with E-state index in [1.165, 1.54) is 0 Å². The molecule has 6 heteroatoms. The van der Waals surface area contributed by atoms with E-state index in [-0.39, 0.29) is 5.56 Å². The fourth-order valence-corrected chi connectivity index (χ4v) is 5.61. The fourth-order valence-electron chi connectivity index (χ4n) is 3.98. The molecule has 0 spiro atoms. The van der Waals surface area contributed by atoms with E-state index in [4.69, 9.17) is 5.11 Å². The summed E-state index contributed by atoms with van der Waals surface area (Å²) < 4.78 is 26.9. The molecule has 0 radical (unpaired) electrons. The van der Waals surface area contributed by atoms with E-state index in [1.807, 2.05) is 42.5 Å². The van der Waals surface area contributed by atoms with Crippen molar-refractivity contribution in [2.24, 2.45) is 0 Å². The molecule has 0 aromatic heterocycles. The van der Waals surface area contributed by atoms with E-state index >= 15 is 0 Å². The number of aromatic carboxylic acids is 1. The Hall–Kier alpha value is -3.12. The molecule has 3 aromatic carbocycles. The Labute approximate surface area is 202 Å². The minimum atomic E-state index is -3.55. The summed E-state index contributed by atoms with van der Waals surface area (Å²) in [6, 6.07) is 23.3. The second-order valence-corrected chi connectivity index (χ2v) is 10.6. The highest BCUT2D eigenvalue weighted by Crippen LogP contribution is 2.26. The number of para-hydroxylation sites is 1. The maximum absolute atomic E-state index is 13.5. The molecule has 3 aromatic rings. The lowest BCUT2D eigenvalue weighted by molar-refractivity contribution is 0.0697. The molecule has 0 saturated heterocycles. The van der Waals surface area contributed by atoms with Crippen molar-refractivity contribution >= 4 is 21.5 Å². The number of anilines is 1. The summed E-state index contributed by atoms with van der Waals surface area (Å²) in [4.78, 5) is 11.4. The van der Waals surface area contributed by atoms with E-state index in [2.05, 4.69) is 12.2 Å². The van der Waals surface area contributed by atoms with Crippen molar-refractivity contribution in [3.8, 4) is 0 Å². The molecule has 3 rings (SSSR count). The molecule has 0 aliphatic carbocycles. The monoisotopic (exact) mass is 479 g/mol. The number of hydrogen-bond donors (Lipinski definition) is 2. The largest absolute Gasteiger partial charge is 0.478 e. The number of nitrogens with one attached hydrogen (secondary N) is 1. The van der Waals surface area contributed by atoms with Crippen LogP contribution in [0.15, 0.2) is 83.8 Å². The van der Waals surface area contributed by atoms with Crippen LogP contribution in [-0.2, 0) is 22.7 Å². The molecule has 0 heterocycles. The number of carboxylic acids is 1. The van der Waals surface area contributed by atoms with Gasteiger partial charge in [0.1, 0.15) is 5.37 Å². The fraction of sp³-hybridized carbons (Fsp3) is 0.321. The molecule has 0 fully saturated rings. The van der Waals surface area contributed by atoms with Crippen LogP contribution >= 0.6 is 0 Å². The van der Waals surface area contributed by atoms with Gasteiger partial charge in [-0.25, -0.2) is 13.2 Å². The molecule has 5 nitrogen and oxygen atoms in total. The summed E-state index contributed by atoms with van der Waals surface area (Å²) in [5, 5.41) is 11.7. The van der Waals surface area contributed by atoms with E-state index in [0.717, 1.165) is 48.9 Å². The summed E-state index contributed by atoms with van der Waals surface area (Å²) in [5.41, 5.74) is 3.16. The number of aryl methyl sites for hydroxylation is 2. The van der Waals surface area contributed by atoms with Crippen molar-refractivity contribution in [3.63, 3.8) is 0 Å². The summed E-state index contributed by atoms with van der Waals surface area (Å²) in [5.74, 6) is -0.939. The van der Waals surface area contributed by atoms with Crippen molar-refractivity contribution in [1.29, 1.82) is 0 Å². The van der Waals surface area contributed by atoms with E-state index in [9.17, 15) is 13.2 Å². The first kappa shape index (κ1) is 25.5. The van der Waals surface area contributed by atoms with Crippen molar-refractivity contribution < 1.29 is 18.3 Å². The summed E-state index contributed by atoms with van der Waals surface area (Å²) in [6.45, 7) is 2.14. The van der Waals surface area contributed by atoms with Crippen LogP contribution in [0.2, 0.25) is 0 Å². The van der Waals surface area contributed by atoms with E-state index in [0.29, 0.717) is 17.7 Å². The smallest absolute Gasteiger partial charge is 0.335 e. The van der Waals surface area contributed by atoms with Crippen LogP contribution in [0.4, 0.5) is 5.69 Å². The molecule has 0 aliphatic rings. The lowest BCUT2D eigenvalue weighted by Crippen LogP contribution is -2.30. The van der Waals surface area contributed by atoms with Gasteiger partial charge in [0, 0.05) is 5.69 Å². The van der Waals surface area contributed by atoms with Gasteiger partial charge in [0.2, 0.25) is 0 Å². The molecule has 180 valence electrons. The van der Waals surface area contributed by atoms with Gasteiger partial charge in [-0.3, -0.25) is 0 Å². The van der Waals surface area contributed by atoms with Crippen LogP contribution in [0.25, 0.3) is 0 Å². The van der Waals surface area contributed by atoms with Gasteiger partial charge < -0.3 is 10.4 Å². The number of unbranched alkanes of at least 4 members (excludes halogenated alkanes) is 3. The predicted octanol–water partition coefficient (Wildman–Crippen LogP) is 6.35. The SMILES string of the molecule is CCCCCCC(Nc1ccccc1CCc1ccc(C(=O)O)cc1)S(=O)(=O)c1ccccc1. The van der Waals surface area contributed by atoms with Crippen molar-refractivity contribution in [3.05, 3.63) is 95.6 Å². The molecule has 34 heavy (non-hydrogen) atoms. The molecule has 0 amide bonds. The van der Waals surface area contributed by atoms with Crippen molar-refractivity contribution in [1.82, 2.24) is 0 Å². The molecular weight excluding hydrogens is 446 g/mol. The zero-order valence-corrected chi connectivity index (χ0v) is 20.4. The predicted molar refractivity (Wildman–Crippen MR) is 137 cm³/mol. The average molecular weight is 480 g/mol. The van der Waals surface area contributed by atoms with Gasteiger partial charge >= 0.3 is 5.97 Å². The number of carboxylic acid groups (broad SMARTS) is 1. The molecule has 2 N–H and O–H groups in total. The minimum absolute atomic E-state index is 0.267. The van der Waals surface area contributed by atoms with Gasteiger partial charge in [-0.1, -0.05) is 81.1 Å². The Morgan fingerprint density at radius 3 is 2.21 bits per heavy atom. The third-order valence-corrected chi connectivity index (χ3v) is 8.02. The lowest BCUT2D eigenvalue weighted by atomic mass is 10.0. The number of sulfone groups is 1. The Kier molecular flexibility index (Phi) is 9.28. The molecule has 0 saturated carbocycles. The van der Waals surface area contributed by atoms with Gasteiger partial charge in [-0.2, -0.15) is 0 Å². The third kappa shape index (κ3) is 6.94. The molecular formula is C28H33NO4S. The normalized spacial score (nSPS) is 12.3. The summed E-state index contributed by atoms with van der Waals surface area (Å²) >= 11 is 0. The Bertz CT molecular complexity index is 1160. The maximum atomic E-state index is 13.5. The molecule has 0 bridgehead atoms. The number of rotatable bonds is 13. The van der Waals surface area contributed by atoms with Gasteiger partial charge in [0.25, 0.3) is 0 Å². The van der Waals surface area contributed by atoms with Gasteiger partial charge in [-0.15, -0.1) is 0 Å². The van der Waals surface area contributed by atoms with Gasteiger partial charge in [0.15, 0.2) is 9.84 Å². The quantitative estimate of drug-likeness (QED) is 0.279. The standard InChI is InChI=1S/C28H33NO4S/c1-2-3-4-8-15-27(34(32,33)25-12-6-5-7-13-25)29-26-14-10-9-11-23(26)19-16-22-17-20-24(21-18-22)28(30)31/h5-7,9-14,17-18,20-21,27,29H,2-4,8,15-16,19H2,1H3,(H,30,31). The second-order valence-electron chi connectivity index (χ2n) is 8.50. The van der Waals surface area contributed by atoms with E-state index < -0.39 is 21.2 Å². The number of carbonyl (C=O) groups is 1. The van der Waals surface area contributed by atoms with Crippen LogP contribution in [0.5, 0.6) is 0 Å². The first-order valence-corrected chi connectivity index (χ1v) is 13.4. The molecule has 1 atom stereocenters. The second kappa shape index (κ2) is 12.4. The van der Waals surface area contributed by atoms with Gasteiger partial charge in [-0.05, 0) is 60.7 Å². The Balaban J connectivity index is 1.78. The Morgan fingerprint density at radius 1 is 0.853 bits per heavy atom. The number of benzene rings is 3. The first-order chi connectivity index (χ1) is 16.4. The highest BCUT2D eigenvalue weighted by Gasteiger charge is 2.27. The summed E-state index contributed by atoms with van der Waals surface area (Å²) in [6.07, 6.45) is 6.02. The minimum Gasteiger partial charge on any atom is -0.478 e. The van der Waals surface area contributed by atoms with Gasteiger partial charge in [0.05, 0.1) is 10.5 Å². The number of hydrogen-bond acceptors (Lipinski definition) is 4. The van der Waals surface area contributed by atoms with Crippen LogP contribution in [0.3, 0.4) is 0 Å². The average Bonchev–Trinajstić information content (AvgIpc) is 2.86. The Morgan fingerprint density at radius 2 is 1.53 bits per heavy atom. The zero-order valence-electron chi connectivity index (χ0n) is 19.6. The summed E-state index contributed by atoms with van der Waals surface area (Å²) in [7, 11) is -3.55. The van der Waals surface area contributed by atoms with Crippen LogP contribution in [0, 0.1) is 0 Å². The van der Waals surface area contributed by atoms with Crippen LogP contribution < -0.4 is 5.32 Å². The van der Waals surface area contributed by atoms with Crippen LogP contribution in [0.1, 0.15) is 60.5 Å². The first-order valence-electron chi connectivity index (χ1n) is 11.9. The van der Waals surface area contributed by atoms with Crippen molar-refractivity contribution in [2.75, 3.05) is 5.32 Å². The highest BCUT2D eigenvalue weighted by atomic mass is 32.2. The zero-order chi connectivity index (χ0) is 24.4. The third-order valence-electron chi connectivity index (χ3n) is 5.98. The molecule has 1 unspecified atom stereocenters. The maximum Gasteiger partial charge on any atom is 0.335 e. The lowest BCUT2D eigenvalue weighted by Gasteiger charge is -2.22. The topological polar surface area (TPSA) is 83.5 Å². The van der Waals surface area contributed by atoms with Crippen molar-refractivity contribution in [2.45, 2.75) is 62.1 Å². The van der Waals surface area contributed by atoms with E-state index in [1.54, 1.807) is 36.4 Å².